The minimum Gasteiger partial charge on any atom is -0.322 e. The number of rotatable bonds is 4. The number of nitrogens with one attached hydrogen (secondary N) is 2. The van der Waals surface area contributed by atoms with Crippen molar-refractivity contribution < 1.29 is 9.59 Å². The lowest BCUT2D eigenvalue weighted by molar-refractivity contribution is -0.130. The summed E-state index contributed by atoms with van der Waals surface area (Å²) in [4.78, 5) is 27.4. The van der Waals surface area contributed by atoms with Crippen LogP contribution in [0.1, 0.15) is 12.8 Å². The Morgan fingerprint density at radius 1 is 1.41 bits per heavy atom. The average molecular weight is 240 g/mol. The first-order chi connectivity index (χ1) is 8.05. The third kappa shape index (κ3) is 2.28. The molecule has 0 aromatic rings. The van der Waals surface area contributed by atoms with Gasteiger partial charge in [0.1, 0.15) is 5.54 Å². The van der Waals surface area contributed by atoms with E-state index >= 15 is 0 Å². The van der Waals surface area contributed by atoms with Gasteiger partial charge in [-0.25, -0.2) is 4.79 Å². The van der Waals surface area contributed by atoms with Crippen LogP contribution in [0.5, 0.6) is 0 Å². The van der Waals surface area contributed by atoms with E-state index in [0.717, 1.165) is 19.5 Å². The van der Waals surface area contributed by atoms with Crippen LogP contribution in [0.2, 0.25) is 0 Å². The summed E-state index contributed by atoms with van der Waals surface area (Å²) in [6.07, 6.45) is 1.51. The molecule has 6 heteroatoms. The molecule has 2 aliphatic heterocycles. The van der Waals surface area contributed by atoms with Crippen molar-refractivity contribution in [1.29, 1.82) is 0 Å². The molecule has 2 rings (SSSR count). The Morgan fingerprint density at radius 3 is 2.76 bits per heavy atom. The van der Waals surface area contributed by atoms with E-state index in [4.69, 9.17) is 0 Å². The van der Waals surface area contributed by atoms with Gasteiger partial charge in [0.05, 0.1) is 0 Å². The first kappa shape index (κ1) is 12.3. The molecular weight excluding hydrogens is 220 g/mol. The SMILES string of the molecule is CN(C)CCCN1C(=O)NC2(CCNC2)C1=O. The van der Waals surface area contributed by atoms with E-state index in [1.165, 1.54) is 4.90 Å². The van der Waals surface area contributed by atoms with Crippen LogP contribution in [0.4, 0.5) is 4.79 Å². The highest BCUT2D eigenvalue weighted by Crippen LogP contribution is 2.24. The van der Waals surface area contributed by atoms with E-state index < -0.39 is 5.54 Å². The number of hydrogen-bond acceptors (Lipinski definition) is 4. The van der Waals surface area contributed by atoms with Gasteiger partial charge in [-0.2, -0.15) is 0 Å². The monoisotopic (exact) mass is 240 g/mol. The summed E-state index contributed by atoms with van der Waals surface area (Å²) in [7, 11) is 3.96. The normalized spacial score (nSPS) is 28.5. The molecule has 3 amide bonds. The lowest BCUT2D eigenvalue weighted by Crippen LogP contribution is -2.48. The molecule has 1 spiro atoms. The van der Waals surface area contributed by atoms with E-state index in [-0.39, 0.29) is 11.9 Å². The van der Waals surface area contributed by atoms with Crippen molar-refractivity contribution in [2.45, 2.75) is 18.4 Å². The van der Waals surface area contributed by atoms with Gasteiger partial charge in [-0.1, -0.05) is 0 Å². The van der Waals surface area contributed by atoms with Crippen LogP contribution in [0, 0.1) is 0 Å². The maximum atomic E-state index is 12.2. The first-order valence-corrected chi connectivity index (χ1v) is 6.05. The van der Waals surface area contributed by atoms with Crippen LogP contribution in [-0.2, 0) is 4.79 Å². The Balaban J connectivity index is 1.94. The lowest BCUT2D eigenvalue weighted by atomic mass is 9.99. The van der Waals surface area contributed by atoms with E-state index in [0.29, 0.717) is 19.5 Å². The van der Waals surface area contributed by atoms with Crippen molar-refractivity contribution >= 4 is 11.9 Å². The molecular formula is C11H20N4O2. The van der Waals surface area contributed by atoms with Gasteiger partial charge in [0.15, 0.2) is 0 Å². The maximum Gasteiger partial charge on any atom is 0.325 e. The fraction of sp³-hybridized carbons (Fsp3) is 0.818. The smallest absolute Gasteiger partial charge is 0.322 e. The van der Waals surface area contributed by atoms with E-state index in [9.17, 15) is 9.59 Å². The molecule has 2 N–H and O–H groups in total. The number of urea groups is 1. The van der Waals surface area contributed by atoms with E-state index in [1.54, 1.807) is 0 Å². The quantitative estimate of drug-likeness (QED) is 0.633. The number of carbonyl (C=O) groups excluding carboxylic acids is 2. The average Bonchev–Trinajstić information content (AvgIpc) is 2.80. The highest BCUT2D eigenvalue weighted by molar-refractivity contribution is 6.07. The van der Waals surface area contributed by atoms with Crippen molar-refractivity contribution in [2.75, 3.05) is 40.3 Å². The Morgan fingerprint density at radius 2 is 2.18 bits per heavy atom. The van der Waals surface area contributed by atoms with Crippen molar-refractivity contribution in [1.82, 2.24) is 20.4 Å². The third-order valence-electron chi connectivity index (χ3n) is 3.39. The molecule has 0 bridgehead atoms. The Labute approximate surface area is 101 Å². The summed E-state index contributed by atoms with van der Waals surface area (Å²) in [5, 5.41) is 5.96. The van der Waals surface area contributed by atoms with Crippen LogP contribution >= 0.6 is 0 Å². The number of imide groups is 1. The van der Waals surface area contributed by atoms with Crippen LogP contribution in [0.3, 0.4) is 0 Å². The summed E-state index contributed by atoms with van der Waals surface area (Å²) < 4.78 is 0. The zero-order valence-corrected chi connectivity index (χ0v) is 10.5. The van der Waals surface area contributed by atoms with Crippen molar-refractivity contribution in [2.24, 2.45) is 0 Å². The Kier molecular flexibility index (Phi) is 3.35. The molecule has 1 unspecified atom stereocenters. The molecule has 0 radical (unpaired) electrons. The van der Waals surface area contributed by atoms with Crippen LogP contribution in [0.15, 0.2) is 0 Å². The summed E-state index contributed by atoms with van der Waals surface area (Å²) in [6, 6.07) is -0.238. The number of nitrogens with zero attached hydrogens (tertiary/aromatic N) is 2. The zero-order valence-electron chi connectivity index (χ0n) is 10.5. The van der Waals surface area contributed by atoms with Crippen molar-refractivity contribution in [3.8, 4) is 0 Å². The van der Waals surface area contributed by atoms with Gasteiger partial charge in [0, 0.05) is 13.1 Å². The van der Waals surface area contributed by atoms with Gasteiger partial charge >= 0.3 is 6.03 Å². The predicted octanol–water partition coefficient (Wildman–Crippen LogP) is -0.778. The van der Waals surface area contributed by atoms with Gasteiger partial charge in [0.25, 0.3) is 5.91 Å². The minimum atomic E-state index is -0.658. The second-order valence-corrected chi connectivity index (χ2v) is 5.05. The third-order valence-corrected chi connectivity index (χ3v) is 3.39. The van der Waals surface area contributed by atoms with Gasteiger partial charge in [-0.05, 0) is 40.0 Å². The van der Waals surface area contributed by atoms with Crippen LogP contribution in [-0.4, -0.2) is 67.6 Å². The molecule has 2 fully saturated rings. The maximum absolute atomic E-state index is 12.2. The molecule has 2 aliphatic rings. The summed E-state index contributed by atoms with van der Waals surface area (Å²) >= 11 is 0. The number of amides is 3. The Bertz CT molecular complexity index is 323. The van der Waals surface area contributed by atoms with Crippen LogP contribution < -0.4 is 10.6 Å². The highest BCUT2D eigenvalue weighted by Gasteiger charge is 2.52. The summed E-state index contributed by atoms with van der Waals surface area (Å²) in [6.45, 7) is 2.73. The Hall–Kier alpha value is -1.14. The standard InChI is InChI=1S/C11H20N4O2/c1-14(2)6-3-7-15-9(16)11(13-10(15)17)4-5-12-8-11/h12H,3-8H2,1-2H3,(H,13,17). The van der Waals surface area contributed by atoms with Crippen molar-refractivity contribution in [3.05, 3.63) is 0 Å². The second kappa shape index (κ2) is 4.62. The minimum absolute atomic E-state index is 0.0637. The molecule has 96 valence electrons. The van der Waals surface area contributed by atoms with Gasteiger partial charge in [-0.3, -0.25) is 9.69 Å². The molecule has 2 saturated heterocycles. The van der Waals surface area contributed by atoms with Gasteiger partial charge in [0.2, 0.25) is 0 Å². The molecule has 1 atom stereocenters. The van der Waals surface area contributed by atoms with Crippen molar-refractivity contribution in [3.63, 3.8) is 0 Å². The predicted molar refractivity (Wildman–Crippen MR) is 63.6 cm³/mol. The molecule has 6 nitrogen and oxygen atoms in total. The fourth-order valence-corrected chi connectivity index (χ4v) is 2.41. The molecule has 2 heterocycles. The summed E-state index contributed by atoms with van der Waals surface area (Å²) in [5.74, 6) is -0.0637. The van der Waals surface area contributed by atoms with Gasteiger partial charge in [-0.15, -0.1) is 0 Å². The summed E-state index contributed by atoms with van der Waals surface area (Å²) in [5.41, 5.74) is -0.658. The van der Waals surface area contributed by atoms with Gasteiger partial charge < -0.3 is 15.5 Å². The molecule has 0 aromatic heterocycles. The molecule has 0 aromatic carbocycles. The highest BCUT2D eigenvalue weighted by atomic mass is 16.2. The molecule has 0 saturated carbocycles. The lowest BCUT2D eigenvalue weighted by Gasteiger charge is -2.19. The largest absolute Gasteiger partial charge is 0.325 e. The second-order valence-electron chi connectivity index (χ2n) is 5.05. The zero-order chi connectivity index (χ0) is 12.5. The number of hydrogen-bond donors (Lipinski definition) is 2. The number of carbonyl (C=O) groups is 2. The topological polar surface area (TPSA) is 64.7 Å². The molecule has 17 heavy (non-hydrogen) atoms. The van der Waals surface area contributed by atoms with Crippen LogP contribution in [0.25, 0.3) is 0 Å². The van der Waals surface area contributed by atoms with E-state index in [1.807, 2.05) is 19.0 Å². The first-order valence-electron chi connectivity index (χ1n) is 6.05. The van der Waals surface area contributed by atoms with E-state index in [2.05, 4.69) is 10.6 Å². The molecule has 0 aliphatic carbocycles. The fourth-order valence-electron chi connectivity index (χ4n) is 2.41.